The van der Waals surface area contributed by atoms with Gasteiger partial charge in [-0.05, 0) is 47.3 Å². The Morgan fingerprint density at radius 2 is 1.65 bits per heavy atom. The van der Waals surface area contributed by atoms with Crippen LogP contribution in [0.5, 0.6) is 0 Å². The average molecular weight is 412 g/mol. The van der Waals surface area contributed by atoms with E-state index in [1.807, 2.05) is 42.6 Å². The molecule has 0 unspecified atom stereocenters. The van der Waals surface area contributed by atoms with Crippen LogP contribution >= 0.6 is 0 Å². The van der Waals surface area contributed by atoms with Crippen molar-refractivity contribution in [2.45, 2.75) is 6.54 Å². The molecular formula is C25H17FN2O3. The molecule has 2 aromatic heterocycles. The Morgan fingerprint density at radius 3 is 2.42 bits per heavy atom. The van der Waals surface area contributed by atoms with Gasteiger partial charge in [-0.25, -0.2) is 9.18 Å². The number of fused-ring (bicyclic) bond motifs is 2. The van der Waals surface area contributed by atoms with Crippen molar-refractivity contribution in [3.8, 4) is 5.69 Å². The summed E-state index contributed by atoms with van der Waals surface area (Å²) in [6.07, 6.45) is 3.29. The van der Waals surface area contributed by atoms with E-state index in [9.17, 15) is 19.1 Å². The first-order valence-electron chi connectivity index (χ1n) is 9.73. The molecule has 0 aliphatic carbocycles. The molecule has 2 heterocycles. The summed E-state index contributed by atoms with van der Waals surface area (Å²) in [6.45, 7) is 0.299. The maximum Gasteiger partial charge on any atom is 0.341 e. The molecule has 152 valence electrons. The number of aromatic nitrogens is 2. The minimum Gasteiger partial charge on any atom is -0.477 e. The van der Waals surface area contributed by atoms with E-state index in [1.54, 1.807) is 10.6 Å². The van der Waals surface area contributed by atoms with Crippen molar-refractivity contribution >= 4 is 27.8 Å². The van der Waals surface area contributed by atoms with Gasteiger partial charge < -0.3 is 14.2 Å². The fraction of sp³-hybridized carbons (Fsp3) is 0.0400. The second kappa shape index (κ2) is 7.25. The van der Waals surface area contributed by atoms with Crippen LogP contribution in [-0.2, 0) is 6.54 Å². The highest BCUT2D eigenvalue weighted by molar-refractivity contribution is 5.92. The van der Waals surface area contributed by atoms with Crippen LogP contribution in [-0.4, -0.2) is 20.2 Å². The highest BCUT2D eigenvalue weighted by Gasteiger charge is 2.17. The lowest BCUT2D eigenvalue weighted by Crippen LogP contribution is -2.20. The summed E-state index contributed by atoms with van der Waals surface area (Å²) in [5.41, 5.74) is 2.08. The first-order valence-corrected chi connectivity index (χ1v) is 9.73. The predicted molar refractivity (Wildman–Crippen MR) is 118 cm³/mol. The number of hydrogen-bond acceptors (Lipinski definition) is 2. The summed E-state index contributed by atoms with van der Waals surface area (Å²) in [5.74, 6) is -2.10. The number of carboxylic acids is 1. The molecule has 0 saturated carbocycles. The lowest BCUT2D eigenvalue weighted by atomic mass is 10.1. The zero-order valence-corrected chi connectivity index (χ0v) is 16.3. The smallest absolute Gasteiger partial charge is 0.341 e. The third-order valence-electron chi connectivity index (χ3n) is 5.45. The molecule has 0 radical (unpaired) electrons. The van der Waals surface area contributed by atoms with Gasteiger partial charge in [0.15, 0.2) is 0 Å². The number of carbonyl (C=O) groups is 1. The third-order valence-corrected chi connectivity index (χ3v) is 5.45. The Hall–Kier alpha value is -4.19. The minimum absolute atomic E-state index is 0.210. The van der Waals surface area contributed by atoms with Gasteiger partial charge in [-0.15, -0.1) is 0 Å². The highest BCUT2D eigenvalue weighted by Crippen LogP contribution is 2.22. The van der Waals surface area contributed by atoms with Crippen LogP contribution in [0, 0.1) is 5.82 Å². The van der Waals surface area contributed by atoms with Crippen molar-refractivity contribution in [3.63, 3.8) is 0 Å². The first kappa shape index (κ1) is 18.8. The van der Waals surface area contributed by atoms with E-state index in [0.717, 1.165) is 28.2 Å². The number of halogens is 1. The molecule has 0 amide bonds. The van der Waals surface area contributed by atoms with Crippen LogP contribution in [0.25, 0.3) is 27.5 Å². The number of carboxylic acid groups (broad SMARTS) is 1. The standard InChI is InChI=1S/C25H17FN2O3/c26-20-5-3-7-22-23(20)24(29)19(25(30)31)15-27(22)14-16-8-10-18(11-9-16)28-13-12-17-4-1-2-6-21(17)28/h1-13,15H,14H2,(H,30,31). The highest BCUT2D eigenvalue weighted by atomic mass is 19.1. The molecule has 0 bridgehead atoms. The van der Waals surface area contributed by atoms with Gasteiger partial charge in [0, 0.05) is 24.6 Å². The number of para-hydroxylation sites is 1. The van der Waals surface area contributed by atoms with Crippen molar-refractivity contribution < 1.29 is 14.3 Å². The van der Waals surface area contributed by atoms with Gasteiger partial charge >= 0.3 is 5.97 Å². The van der Waals surface area contributed by atoms with Gasteiger partial charge in [-0.2, -0.15) is 0 Å². The van der Waals surface area contributed by atoms with Crippen molar-refractivity contribution in [1.82, 2.24) is 9.13 Å². The lowest BCUT2D eigenvalue weighted by Gasteiger charge is -2.13. The molecule has 1 N–H and O–H groups in total. The van der Waals surface area contributed by atoms with Gasteiger partial charge in [0.25, 0.3) is 0 Å². The Bertz CT molecular complexity index is 1510. The monoisotopic (exact) mass is 412 g/mol. The van der Waals surface area contributed by atoms with Gasteiger partial charge in [0.05, 0.1) is 16.4 Å². The second-order valence-electron chi connectivity index (χ2n) is 7.35. The van der Waals surface area contributed by atoms with Gasteiger partial charge in [0.1, 0.15) is 11.4 Å². The molecule has 0 spiro atoms. The van der Waals surface area contributed by atoms with E-state index in [0.29, 0.717) is 12.1 Å². The fourth-order valence-corrected chi connectivity index (χ4v) is 3.95. The third kappa shape index (κ3) is 3.18. The molecule has 6 heteroatoms. The topological polar surface area (TPSA) is 64.2 Å². The molecule has 31 heavy (non-hydrogen) atoms. The number of nitrogens with zero attached hydrogens (tertiary/aromatic N) is 2. The number of hydrogen-bond donors (Lipinski definition) is 1. The molecule has 0 aliphatic rings. The maximum atomic E-state index is 14.3. The molecule has 5 rings (SSSR count). The van der Waals surface area contributed by atoms with E-state index in [1.165, 1.54) is 12.3 Å². The molecule has 0 saturated heterocycles. The van der Waals surface area contributed by atoms with E-state index < -0.39 is 22.8 Å². The summed E-state index contributed by atoms with van der Waals surface area (Å²) in [5, 5.41) is 10.3. The lowest BCUT2D eigenvalue weighted by molar-refractivity contribution is 0.0695. The summed E-state index contributed by atoms with van der Waals surface area (Å²) < 4.78 is 18.0. The van der Waals surface area contributed by atoms with Crippen molar-refractivity contribution in [2.24, 2.45) is 0 Å². The maximum absolute atomic E-state index is 14.3. The van der Waals surface area contributed by atoms with Crippen LogP contribution in [0.1, 0.15) is 15.9 Å². The first-order chi connectivity index (χ1) is 15.0. The summed E-state index contributed by atoms with van der Waals surface area (Å²) in [4.78, 5) is 24.0. The van der Waals surface area contributed by atoms with Crippen LogP contribution in [0.4, 0.5) is 4.39 Å². The Morgan fingerprint density at radius 1 is 0.903 bits per heavy atom. The quantitative estimate of drug-likeness (QED) is 0.460. The fourth-order valence-electron chi connectivity index (χ4n) is 3.95. The Balaban J connectivity index is 1.56. The van der Waals surface area contributed by atoms with Crippen LogP contribution < -0.4 is 5.43 Å². The van der Waals surface area contributed by atoms with Crippen molar-refractivity contribution in [3.05, 3.63) is 112 Å². The number of pyridine rings is 1. The van der Waals surface area contributed by atoms with Gasteiger partial charge in [0.2, 0.25) is 5.43 Å². The van der Waals surface area contributed by atoms with Gasteiger partial charge in [-0.3, -0.25) is 4.79 Å². The number of rotatable bonds is 4. The molecular weight excluding hydrogens is 395 g/mol. The normalized spacial score (nSPS) is 11.3. The number of benzene rings is 3. The SMILES string of the molecule is O=C(O)c1cn(Cc2ccc(-n3ccc4ccccc43)cc2)c2cccc(F)c2c1=O. The summed E-state index contributed by atoms with van der Waals surface area (Å²) >= 11 is 0. The number of aromatic carboxylic acids is 1. The van der Waals surface area contributed by atoms with Gasteiger partial charge in [-0.1, -0.05) is 36.4 Å². The van der Waals surface area contributed by atoms with E-state index in [-0.39, 0.29) is 5.39 Å². The molecule has 5 aromatic rings. The summed E-state index contributed by atoms with van der Waals surface area (Å²) in [6, 6.07) is 22.3. The zero-order valence-electron chi connectivity index (χ0n) is 16.3. The molecule has 0 fully saturated rings. The van der Waals surface area contributed by atoms with Crippen LogP contribution in [0.3, 0.4) is 0 Å². The average Bonchev–Trinajstić information content (AvgIpc) is 3.20. The predicted octanol–water partition coefficient (Wildman–Crippen LogP) is 4.83. The van der Waals surface area contributed by atoms with E-state index in [2.05, 4.69) is 22.8 Å². The van der Waals surface area contributed by atoms with Crippen molar-refractivity contribution in [1.29, 1.82) is 0 Å². The minimum atomic E-state index is -1.38. The van der Waals surface area contributed by atoms with Crippen LogP contribution in [0.2, 0.25) is 0 Å². The Kier molecular flexibility index (Phi) is 4.40. The summed E-state index contributed by atoms with van der Waals surface area (Å²) in [7, 11) is 0. The largest absolute Gasteiger partial charge is 0.477 e. The van der Waals surface area contributed by atoms with Crippen molar-refractivity contribution in [2.75, 3.05) is 0 Å². The Labute approximate surface area is 176 Å². The second-order valence-corrected chi connectivity index (χ2v) is 7.35. The molecule has 0 aliphatic heterocycles. The van der Waals surface area contributed by atoms with Crippen LogP contribution in [0.15, 0.2) is 90.0 Å². The molecule has 5 nitrogen and oxygen atoms in total. The zero-order chi connectivity index (χ0) is 21.5. The molecule has 3 aromatic carbocycles. The van der Waals surface area contributed by atoms with E-state index >= 15 is 0 Å². The molecule has 0 atom stereocenters. The van der Waals surface area contributed by atoms with E-state index in [4.69, 9.17) is 0 Å².